The highest BCUT2D eigenvalue weighted by Gasteiger charge is 2.10. The van der Waals surface area contributed by atoms with Gasteiger partial charge in [0.2, 0.25) is 0 Å². The van der Waals surface area contributed by atoms with Crippen LogP contribution in [0.15, 0.2) is 64.8 Å². The van der Waals surface area contributed by atoms with E-state index in [4.69, 9.17) is 11.6 Å². The molecule has 4 rings (SSSR count). The molecule has 2 amide bonds. The van der Waals surface area contributed by atoms with E-state index >= 15 is 0 Å². The molecule has 0 aliphatic heterocycles. The van der Waals surface area contributed by atoms with E-state index in [-0.39, 0.29) is 5.02 Å². The summed E-state index contributed by atoms with van der Waals surface area (Å²) in [7, 11) is 0. The molecule has 2 heterocycles. The summed E-state index contributed by atoms with van der Waals surface area (Å²) in [5, 5.41) is 10.4. The van der Waals surface area contributed by atoms with E-state index in [2.05, 4.69) is 25.7 Å². The molecule has 2 aromatic heterocycles. The Labute approximate surface area is 180 Å². The van der Waals surface area contributed by atoms with Gasteiger partial charge >= 0.3 is 6.03 Å². The Hall–Kier alpha value is -3.17. The van der Waals surface area contributed by atoms with Gasteiger partial charge in [0.05, 0.1) is 5.02 Å². The monoisotopic (exact) mass is 442 g/mol. The number of carbonyl (C=O) groups excluding carboxylic acids is 1. The third kappa shape index (κ3) is 4.52. The second-order valence-electron chi connectivity index (χ2n) is 6.25. The molecule has 0 saturated carbocycles. The van der Waals surface area contributed by atoms with Gasteiger partial charge in [-0.15, -0.1) is 0 Å². The molecule has 10 heteroatoms. The molecule has 0 unspecified atom stereocenters. The van der Waals surface area contributed by atoms with Crippen molar-refractivity contribution in [3.05, 3.63) is 71.4 Å². The molecule has 0 aliphatic rings. The molecule has 7 nitrogen and oxygen atoms in total. The fourth-order valence-corrected chi connectivity index (χ4v) is 3.78. The zero-order chi connectivity index (χ0) is 21.1. The van der Waals surface area contributed by atoms with Crippen molar-refractivity contribution in [3.8, 4) is 0 Å². The summed E-state index contributed by atoms with van der Waals surface area (Å²) in [5.41, 5.74) is 1.95. The lowest BCUT2D eigenvalue weighted by atomic mass is 10.3. The van der Waals surface area contributed by atoms with Crippen LogP contribution in [0.4, 0.5) is 20.6 Å². The van der Waals surface area contributed by atoms with E-state index in [0.717, 1.165) is 22.0 Å². The summed E-state index contributed by atoms with van der Waals surface area (Å²) in [6.07, 6.45) is 2.28. The van der Waals surface area contributed by atoms with Gasteiger partial charge in [-0.1, -0.05) is 30.3 Å². The van der Waals surface area contributed by atoms with Crippen LogP contribution in [-0.2, 0) is 6.42 Å². The quantitative estimate of drug-likeness (QED) is 0.411. The van der Waals surface area contributed by atoms with Gasteiger partial charge < -0.3 is 10.6 Å². The van der Waals surface area contributed by atoms with Crippen molar-refractivity contribution < 1.29 is 9.18 Å². The molecule has 0 spiro atoms. The summed E-state index contributed by atoms with van der Waals surface area (Å²) in [6.45, 7) is 2.04. The summed E-state index contributed by atoms with van der Waals surface area (Å²) < 4.78 is 14.9. The number of benzene rings is 2. The predicted molar refractivity (Wildman–Crippen MR) is 115 cm³/mol. The number of halogens is 2. The van der Waals surface area contributed by atoms with E-state index in [0.29, 0.717) is 17.2 Å². The smallest absolute Gasteiger partial charge is 0.308 e. The normalized spacial score (nSPS) is 10.9. The zero-order valence-corrected chi connectivity index (χ0v) is 17.3. The second kappa shape index (κ2) is 8.68. The Kier molecular flexibility index (Phi) is 5.82. The van der Waals surface area contributed by atoms with Crippen molar-refractivity contribution in [3.63, 3.8) is 0 Å². The highest BCUT2D eigenvalue weighted by atomic mass is 35.5. The third-order valence-electron chi connectivity index (χ3n) is 4.15. The number of amides is 2. The maximum Gasteiger partial charge on any atom is 0.323 e. The molecule has 0 bridgehead atoms. The molecule has 30 heavy (non-hydrogen) atoms. The lowest BCUT2D eigenvalue weighted by Crippen LogP contribution is -2.19. The summed E-state index contributed by atoms with van der Waals surface area (Å²) in [5.74, 6) is 0.0202. The van der Waals surface area contributed by atoms with Crippen molar-refractivity contribution in [2.75, 3.05) is 10.6 Å². The van der Waals surface area contributed by atoms with Gasteiger partial charge in [-0.05, 0) is 55.0 Å². The average Bonchev–Trinajstić information content (AvgIpc) is 3.21. The number of hydrogen-bond donors (Lipinski definition) is 2. The summed E-state index contributed by atoms with van der Waals surface area (Å²) in [6, 6.07) is 12.9. The summed E-state index contributed by atoms with van der Waals surface area (Å²) >= 11 is 7.25. The molecule has 0 fully saturated rings. The van der Waals surface area contributed by atoms with Gasteiger partial charge in [0.15, 0.2) is 0 Å². The Morgan fingerprint density at radius 1 is 1.13 bits per heavy atom. The molecular weight excluding hydrogens is 427 g/mol. The van der Waals surface area contributed by atoms with E-state index in [1.165, 1.54) is 36.3 Å². The second-order valence-corrected chi connectivity index (χ2v) is 7.75. The fraction of sp³-hybridized carbons (Fsp3) is 0.100. The number of urea groups is 1. The first-order valence-electron chi connectivity index (χ1n) is 9.02. The van der Waals surface area contributed by atoms with Crippen LogP contribution in [0.1, 0.15) is 12.6 Å². The number of carbonyl (C=O) groups is 1. The van der Waals surface area contributed by atoms with E-state index < -0.39 is 11.8 Å². The molecule has 0 radical (unpaired) electrons. The molecule has 2 N–H and O–H groups in total. The molecular formula is C20H16ClFN6OS. The number of nitrogens with one attached hydrogen (secondary N) is 2. The first-order valence-corrected chi connectivity index (χ1v) is 10.2. The van der Waals surface area contributed by atoms with Gasteiger partial charge in [-0.3, -0.25) is 0 Å². The molecule has 0 aliphatic carbocycles. The van der Waals surface area contributed by atoms with E-state index in [1.54, 1.807) is 16.6 Å². The van der Waals surface area contributed by atoms with Crippen LogP contribution in [0.5, 0.6) is 0 Å². The predicted octanol–water partition coefficient (Wildman–Crippen LogP) is 5.27. The van der Waals surface area contributed by atoms with Crippen LogP contribution in [0.25, 0.3) is 5.78 Å². The lowest BCUT2D eigenvalue weighted by molar-refractivity contribution is 0.262. The highest BCUT2D eigenvalue weighted by molar-refractivity contribution is 7.99. The topological polar surface area (TPSA) is 84.2 Å². The van der Waals surface area contributed by atoms with Gasteiger partial charge in [-0.25, -0.2) is 14.2 Å². The largest absolute Gasteiger partial charge is 0.323 e. The number of aromatic nitrogens is 4. The van der Waals surface area contributed by atoms with Gasteiger partial charge in [0, 0.05) is 22.0 Å². The molecule has 0 atom stereocenters. The Morgan fingerprint density at radius 3 is 2.60 bits per heavy atom. The fourth-order valence-electron chi connectivity index (χ4n) is 2.68. The van der Waals surface area contributed by atoms with E-state index in [9.17, 15) is 9.18 Å². The minimum atomic E-state index is -0.542. The molecule has 4 aromatic rings. The van der Waals surface area contributed by atoms with Crippen LogP contribution >= 0.6 is 23.4 Å². The van der Waals surface area contributed by atoms with Crippen molar-refractivity contribution >= 4 is 46.5 Å². The number of rotatable bonds is 5. The Morgan fingerprint density at radius 2 is 1.87 bits per heavy atom. The zero-order valence-electron chi connectivity index (χ0n) is 15.8. The van der Waals surface area contributed by atoms with Crippen LogP contribution in [0.2, 0.25) is 5.02 Å². The number of nitrogens with zero attached hydrogens (tertiary/aromatic N) is 4. The van der Waals surface area contributed by atoms with Crippen LogP contribution in [-0.4, -0.2) is 25.6 Å². The van der Waals surface area contributed by atoms with Crippen molar-refractivity contribution in [1.82, 2.24) is 19.6 Å². The average molecular weight is 443 g/mol. The highest BCUT2D eigenvalue weighted by Crippen LogP contribution is 2.29. The summed E-state index contributed by atoms with van der Waals surface area (Å²) in [4.78, 5) is 21.7. The number of aryl methyl sites for hydroxylation is 1. The van der Waals surface area contributed by atoms with Crippen LogP contribution in [0.3, 0.4) is 0 Å². The van der Waals surface area contributed by atoms with Crippen molar-refractivity contribution in [1.29, 1.82) is 0 Å². The SMILES string of the molecule is CCc1cc(Sc2ccc(NC(=O)Nc3ccc(F)c(Cl)c3)cc2)n2ncnc2n1. The maximum absolute atomic E-state index is 13.2. The Bertz CT molecular complexity index is 1210. The van der Waals surface area contributed by atoms with Crippen LogP contribution < -0.4 is 10.6 Å². The third-order valence-corrected chi connectivity index (χ3v) is 5.44. The minimum Gasteiger partial charge on any atom is -0.308 e. The molecule has 0 saturated heterocycles. The van der Waals surface area contributed by atoms with Crippen LogP contribution in [0, 0.1) is 5.82 Å². The molecule has 152 valence electrons. The standard InChI is InChI=1S/C20H16ClFN6OS/c1-2-12-10-18(28-19(25-12)23-11-24-28)30-15-6-3-13(4-7-15)26-20(29)27-14-5-8-17(22)16(21)9-14/h3-11H,2H2,1H3,(H2,26,27,29). The minimum absolute atomic E-state index is 0.0574. The first-order chi connectivity index (χ1) is 14.5. The van der Waals surface area contributed by atoms with Crippen molar-refractivity contribution in [2.45, 2.75) is 23.3 Å². The van der Waals surface area contributed by atoms with Gasteiger partial charge in [-0.2, -0.15) is 14.6 Å². The Balaban J connectivity index is 1.43. The maximum atomic E-state index is 13.2. The molecule has 2 aromatic carbocycles. The van der Waals surface area contributed by atoms with E-state index in [1.807, 2.05) is 25.1 Å². The van der Waals surface area contributed by atoms with Gasteiger partial charge in [0.1, 0.15) is 17.2 Å². The lowest BCUT2D eigenvalue weighted by Gasteiger charge is -2.09. The first kappa shape index (κ1) is 20.1. The number of hydrogen-bond acceptors (Lipinski definition) is 5. The number of anilines is 2. The van der Waals surface area contributed by atoms with Crippen molar-refractivity contribution in [2.24, 2.45) is 0 Å². The van der Waals surface area contributed by atoms with Gasteiger partial charge in [0.25, 0.3) is 5.78 Å². The number of fused-ring (bicyclic) bond motifs is 1.